The Bertz CT molecular complexity index is 1620. The first-order valence-electron chi connectivity index (χ1n) is 14.1. The zero-order valence-corrected chi connectivity index (χ0v) is 28.5. The summed E-state index contributed by atoms with van der Waals surface area (Å²) in [5.74, 6) is 1.28. The monoisotopic (exact) mass is 764 g/mol. The number of hydrogen-bond donors (Lipinski definition) is 4. The number of nitrogens with one attached hydrogen (secondary N) is 3. The van der Waals surface area contributed by atoms with Crippen molar-refractivity contribution in [2.45, 2.75) is 32.7 Å². The molecule has 0 bridgehead atoms. The Morgan fingerprint density at radius 3 is 2.54 bits per heavy atom. The number of hydrogen-bond acceptors (Lipinski definition) is 10. The van der Waals surface area contributed by atoms with Gasteiger partial charge in [0, 0.05) is 10.7 Å². The molecule has 0 saturated carbocycles. The number of hydrazone groups is 1. The lowest BCUT2D eigenvalue weighted by Gasteiger charge is -2.28. The summed E-state index contributed by atoms with van der Waals surface area (Å²) >= 11 is 8.13. The number of esters is 1. The number of rotatable bonds is 14. The molecule has 4 rings (SSSR count). The highest BCUT2D eigenvalue weighted by Gasteiger charge is 2.32. The van der Waals surface area contributed by atoms with Gasteiger partial charge in [-0.15, -0.1) is 0 Å². The van der Waals surface area contributed by atoms with Crippen molar-refractivity contribution in [3.8, 4) is 23.0 Å². The van der Waals surface area contributed by atoms with Crippen LogP contribution in [0.5, 0.6) is 23.0 Å². The molecule has 1 heterocycles. The second-order valence-electron chi connectivity index (χ2n) is 9.86. The van der Waals surface area contributed by atoms with Crippen LogP contribution in [0, 0.1) is 3.57 Å². The molecule has 3 aromatic carbocycles. The van der Waals surface area contributed by atoms with Gasteiger partial charge in [0.1, 0.15) is 13.2 Å². The highest BCUT2D eigenvalue weighted by Crippen LogP contribution is 2.36. The molecule has 244 valence electrons. The molecule has 0 saturated heterocycles. The molecular formula is C32H34ClIN4O8. The Hall–Kier alpha value is -4.21. The standard InChI is InChI=1S/C32H34ClIN4O8/c1-5-44-25-14-21(29-28(31(40)43-4)18(2)36-32(41)37-29)8-11-24(25)45-17-27(39)38-35-15-20-12-23(34)30(26(13-20)42-3)46-16-19-6-9-22(33)10-7-19/h6-15,27,29,38-39H,5,16-17H2,1-4H3,(H2,36,37,41)/b35-15+/t27-,29-/m1/s1. The van der Waals surface area contributed by atoms with E-state index in [2.05, 4.69) is 43.8 Å². The van der Waals surface area contributed by atoms with E-state index in [9.17, 15) is 14.7 Å². The van der Waals surface area contributed by atoms with Gasteiger partial charge in [-0.05, 0) is 89.5 Å². The highest BCUT2D eigenvalue weighted by molar-refractivity contribution is 14.1. The molecule has 2 amide bonds. The first-order chi connectivity index (χ1) is 22.1. The Kier molecular flexibility index (Phi) is 12.3. The lowest BCUT2D eigenvalue weighted by molar-refractivity contribution is -0.136. The number of aliphatic hydroxyl groups is 1. The van der Waals surface area contributed by atoms with E-state index < -0.39 is 24.3 Å². The Morgan fingerprint density at radius 2 is 1.85 bits per heavy atom. The van der Waals surface area contributed by atoms with E-state index in [4.69, 9.17) is 35.3 Å². The average molecular weight is 765 g/mol. The van der Waals surface area contributed by atoms with E-state index in [-0.39, 0.29) is 12.2 Å². The number of amides is 2. The van der Waals surface area contributed by atoms with Crippen LogP contribution in [0.25, 0.3) is 0 Å². The number of aliphatic hydroxyl groups excluding tert-OH is 1. The van der Waals surface area contributed by atoms with Gasteiger partial charge in [-0.1, -0.05) is 29.8 Å². The van der Waals surface area contributed by atoms with Gasteiger partial charge in [0.25, 0.3) is 0 Å². The molecule has 4 N–H and O–H groups in total. The minimum atomic E-state index is -1.16. The van der Waals surface area contributed by atoms with Crippen molar-refractivity contribution in [1.82, 2.24) is 16.1 Å². The van der Waals surface area contributed by atoms with Gasteiger partial charge < -0.3 is 39.4 Å². The number of urea groups is 1. The zero-order chi connectivity index (χ0) is 33.2. The van der Waals surface area contributed by atoms with Crippen LogP contribution in [0.4, 0.5) is 4.79 Å². The maximum Gasteiger partial charge on any atom is 0.337 e. The number of halogens is 2. The molecule has 0 radical (unpaired) electrons. The fourth-order valence-electron chi connectivity index (χ4n) is 4.51. The smallest absolute Gasteiger partial charge is 0.337 e. The topological polar surface area (TPSA) is 149 Å². The second-order valence-corrected chi connectivity index (χ2v) is 11.5. The van der Waals surface area contributed by atoms with Crippen molar-refractivity contribution < 1.29 is 38.4 Å². The number of allylic oxidation sites excluding steroid dienone is 1. The molecule has 0 spiro atoms. The molecular weight excluding hydrogens is 731 g/mol. The van der Waals surface area contributed by atoms with Crippen LogP contribution >= 0.6 is 34.2 Å². The number of benzene rings is 3. The molecule has 1 aliphatic rings. The molecule has 1 aliphatic heterocycles. The van der Waals surface area contributed by atoms with Crippen molar-refractivity contribution >= 4 is 52.4 Å². The van der Waals surface area contributed by atoms with E-state index in [1.165, 1.54) is 7.11 Å². The largest absolute Gasteiger partial charge is 0.493 e. The van der Waals surface area contributed by atoms with Crippen LogP contribution in [0.1, 0.15) is 36.6 Å². The average Bonchev–Trinajstić information content (AvgIpc) is 3.03. The Labute approximate surface area is 285 Å². The van der Waals surface area contributed by atoms with E-state index in [0.29, 0.717) is 52.5 Å². The Balaban J connectivity index is 1.38. The molecule has 0 aliphatic carbocycles. The summed E-state index contributed by atoms with van der Waals surface area (Å²) in [6.07, 6.45) is 0.382. The minimum absolute atomic E-state index is 0.161. The maximum atomic E-state index is 12.5. The number of methoxy groups -OCH3 is 2. The highest BCUT2D eigenvalue weighted by atomic mass is 127. The predicted octanol–water partition coefficient (Wildman–Crippen LogP) is 5.05. The first kappa shape index (κ1) is 34.7. The zero-order valence-electron chi connectivity index (χ0n) is 25.6. The Morgan fingerprint density at radius 1 is 1.09 bits per heavy atom. The summed E-state index contributed by atoms with van der Waals surface area (Å²) in [6.45, 7) is 3.95. The molecule has 12 nitrogen and oxygen atoms in total. The molecule has 46 heavy (non-hydrogen) atoms. The lowest BCUT2D eigenvalue weighted by Crippen LogP contribution is -2.45. The number of carbonyl (C=O) groups excluding carboxylic acids is 2. The van der Waals surface area contributed by atoms with Gasteiger partial charge in [-0.25, -0.2) is 9.59 Å². The quantitative estimate of drug-likeness (QED) is 0.0582. The van der Waals surface area contributed by atoms with Crippen LogP contribution in [0.15, 0.2) is 71.0 Å². The number of ether oxygens (including phenoxy) is 5. The first-order valence-corrected chi connectivity index (χ1v) is 15.6. The third-order valence-electron chi connectivity index (χ3n) is 6.66. The van der Waals surface area contributed by atoms with E-state index in [1.807, 2.05) is 37.3 Å². The van der Waals surface area contributed by atoms with Crippen molar-refractivity contribution in [1.29, 1.82) is 0 Å². The van der Waals surface area contributed by atoms with Crippen molar-refractivity contribution in [2.75, 3.05) is 27.4 Å². The molecule has 2 atom stereocenters. The van der Waals surface area contributed by atoms with Gasteiger partial charge in [-0.2, -0.15) is 5.10 Å². The fourth-order valence-corrected chi connectivity index (χ4v) is 5.42. The molecule has 3 aromatic rings. The molecule has 0 aromatic heterocycles. The van der Waals surface area contributed by atoms with Gasteiger partial charge in [0.15, 0.2) is 29.2 Å². The second kappa shape index (κ2) is 16.4. The third-order valence-corrected chi connectivity index (χ3v) is 7.71. The fraction of sp³-hybridized carbons (Fsp3) is 0.281. The van der Waals surface area contributed by atoms with Crippen LogP contribution in [-0.2, 0) is 16.1 Å². The van der Waals surface area contributed by atoms with Crippen molar-refractivity contribution in [2.24, 2.45) is 5.10 Å². The third kappa shape index (κ3) is 8.95. The maximum absolute atomic E-state index is 12.5. The van der Waals surface area contributed by atoms with Crippen molar-refractivity contribution in [3.05, 3.63) is 91.2 Å². The van der Waals surface area contributed by atoms with Crippen LogP contribution in [0.3, 0.4) is 0 Å². The lowest BCUT2D eigenvalue weighted by atomic mass is 9.95. The molecule has 0 unspecified atom stereocenters. The van der Waals surface area contributed by atoms with Crippen molar-refractivity contribution in [3.63, 3.8) is 0 Å². The summed E-state index contributed by atoms with van der Waals surface area (Å²) in [5.41, 5.74) is 5.56. The van der Waals surface area contributed by atoms with Crippen LogP contribution < -0.4 is 35.0 Å². The van der Waals surface area contributed by atoms with E-state index in [0.717, 1.165) is 14.7 Å². The summed E-state index contributed by atoms with van der Waals surface area (Å²) in [6, 6.07) is 14.8. The van der Waals surface area contributed by atoms with E-state index >= 15 is 0 Å². The predicted molar refractivity (Wildman–Crippen MR) is 180 cm³/mol. The number of nitrogens with zero attached hydrogens (tertiary/aromatic N) is 1. The SMILES string of the molecule is CCOc1cc([C@H]2NC(=O)NC(C)=C2C(=O)OC)ccc1OC[C@@H](O)N/N=C/c1cc(I)c(OCc2ccc(Cl)cc2)c(OC)c1. The van der Waals surface area contributed by atoms with Gasteiger partial charge in [0.05, 0.1) is 42.2 Å². The van der Waals surface area contributed by atoms with Gasteiger partial charge in [-0.3, -0.25) is 5.43 Å². The normalized spacial score (nSPS) is 15.1. The van der Waals surface area contributed by atoms with Gasteiger partial charge in [0.2, 0.25) is 0 Å². The summed E-state index contributed by atoms with van der Waals surface area (Å²) in [5, 5.41) is 20.6. The van der Waals surface area contributed by atoms with E-state index in [1.54, 1.807) is 44.5 Å². The number of carbonyl (C=O) groups is 2. The van der Waals surface area contributed by atoms with Crippen LogP contribution in [-0.4, -0.2) is 57.0 Å². The minimum Gasteiger partial charge on any atom is -0.493 e. The molecule has 0 fully saturated rings. The summed E-state index contributed by atoms with van der Waals surface area (Å²) < 4.78 is 28.9. The molecule has 14 heteroatoms. The summed E-state index contributed by atoms with van der Waals surface area (Å²) in [7, 11) is 2.83. The van der Waals surface area contributed by atoms with Crippen LogP contribution in [0.2, 0.25) is 5.02 Å². The van der Waals surface area contributed by atoms with Gasteiger partial charge >= 0.3 is 12.0 Å². The summed E-state index contributed by atoms with van der Waals surface area (Å²) in [4.78, 5) is 24.6.